The van der Waals surface area contributed by atoms with Crippen LogP contribution >= 0.6 is 0 Å². The zero-order chi connectivity index (χ0) is 26.4. The molecule has 38 heavy (non-hydrogen) atoms. The van der Waals surface area contributed by atoms with Crippen LogP contribution in [0.4, 0.5) is 4.39 Å². The summed E-state index contributed by atoms with van der Waals surface area (Å²) in [6, 6.07) is 8.95. The lowest BCUT2D eigenvalue weighted by molar-refractivity contribution is -0.133. The van der Waals surface area contributed by atoms with Gasteiger partial charge in [-0.3, -0.25) is 9.69 Å². The maximum absolute atomic E-state index is 13.4. The Kier molecular flexibility index (Phi) is 6.63. The number of carbonyl (C=O) groups excluding carboxylic acids is 1. The molecule has 9 heteroatoms. The lowest BCUT2D eigenvalue weighted by Crippen LogP contribution is -2.46. The summed E-state index contributed by atoms with van der Waals surface area (Å²) in [6.45, 7) is 9.86. The van der Waals surface area contributed by atoms with Gasteiger partial charge >= 0.3 is 0 Å². The van der Waals surface area contributed by atoms with Gasteiger partial charge in [0.15, 0.2) is 5.65 Å². The van der Waals surface area contributed by atoms with E-state index in [1.807, 2.05) is 18.0 Å². The summed E-state index contributed by atoms with van der Waals surface area (Å²) < 4.78 is 15.2. The fraction of sp³-hybridized carbons (Fsp3) is 0.517. The van der Waals surface area contributed by atoms with E-state index >= 15 is 0 Å². The number of nitrogens with zero attached hydrogens (tertiary/aromatic N) is 6. The molecule has 2 aliphatic heterocycles. The molecule has 2 saturated heterocycles. The maximum Gasteiger partial charge on any atom is 0.236 e. The number of likely N-dealkylation sites (tertiary alicyclic amines) is 2. The molecule has 2 fully saturated rings. The van der Waals surface area contributed by atoms with E-state index in [1.54, 1.807) is 4.52 Å². The summed E-state index contributed by atoms with van der Waals surface area (Å²) in [6.07, 6.45) is 4.30. The van der Waals surface area contributed by atoms with Gasteiger partial charge in [-0.05, 0) is 89.8 Å². The molecule has 200 valence electrons. The number of aromatic amines is 1. The smallest absolute Gasteiger partial charge is 0.236 e. The minimum absolute atomic E-state index is 0.184. The molecular weight excluding hydrogens is 481 g/mol. The predicted octanol–water partition coefficient (Wildman–Crippen LogP) is 4.84. The molecule has 0 radical (unpaired) electrons. The van der Waals surface area contributed by atoms with Gasteiger partial charge in [0.05, 0.1) is 12.2 Å². The van der Waals surface area contributed by atoms with Gasteiger partial charge in [-0.2, -0.15) is 4.52 Å². The Bertz CT molecular complexity index is 1460. The van der Waals surface area contributed by atoms with Gasteiger partial charge in [-0.25, -0.2) is 4.39 Å². The standard InChI is InChI=1S/C29H36FN7O/c1-18(2)27-24-15-21(20-6-12-36(13-7-20)26(38)17-35-10-8-23(30)9-11-35)4-5-25(24)31-28(27)22-14-19(3)29-32-33-34-37(29)16-22/h4-5,14-16,18,20,23,31H,6-13,17H2,1-3H3. The Morgan fingerprint density at radius 1 is 1.11 bits per heavy atom. The SMILES string of the molecule is Cc1cc(-c2[nH]c3ccc(C4CCN(C(=O)CN5CCC(F)CC5)CC4)cc3c2C(C)C)cn2nnnc12. The van der Waals surface area contributed by atoms with Crippen molar-refractivity contribution in [1.29, 1.82) is 0 Å². The molecule has 1 aromatic carbocycles. The minimum Gasteiger partial charge on any atom is -0.354 e. The number of tetrazole rings is 1. The number of nitrogens with one attached hydrogen (secondary N) is 1. The van der Waals surface area contributed by atoms with Gasteiger partial charge in [-0.15, -0.1) is 5.10 Å². The van der Waals surface area contributed by atoms with Crippen LogP contribution in [0.1, 0.15) is 68.1 Å². The lowest BCUT2D eigenvalue weighted by Gasteiger charge is -2.35. The summed E-state index contributed by atoms with van der Waals surface area (Å²) in [7, 11) is 0. The molecule has 5 heterocycles. The lowest BCUT2D eigenvalue weighted by atomic mass is 9.87. The predicted molar refractivity (Wildman–Crippen MR) is 146 cm³/mol. The van der Waals surface area contributed by atoms with Crippen LogP contribution in [-0.2, 0) is 4.79 Å². The Morgan fingerprint density at radius 2 is 1.87 bits per heavy atom. The number of H-pyrrole nitrogens is 1. The summed E-state index contributed by atoms with van der Waals surface area (Å²) >= 11 is 0. The first kappa shape index (κ1) is 25.0. The number of hydrogen-bond acceptors (Lipinski definition) is 5. The number of aryl methyl sites for hydroxylation is 1. The number of piperidine rings is 2. The first-order chi connectivity index (χ1) is 18.4. The fourth-order valence-electron chi connectivity index (χ4n) is 6.27. The third-order valence-corrected chi connectivity index (χ3v) is 8.40. The number of amides is 1. The average molecular weight is 518 g/mol. The second-order valence-electron chi connectivity index (χ2n) is 11.3. The Morgan fingerprint density at radius 3 is 2.61 bits per heavy atom. The molecular formula is C29H36FN7O. The Labute approximate surface area is 222 Å². The van der Waals surface area contributed by atoms with Crippen molar-refractivity contribution in [3.05, 3.63) is 47.2 Å². The topological polar surface area (TPSA) is 82.4 Å². The van der Waals surface area contributed by atoms with Gasteiger partial charge in [0.25, 0.3) is 0 Å². The maximum atomic E-state index is 13.4. The van der Waals surface area contributed by atoms with Crippen LogP contribution in [0, 0.1) is 6.92 Å². The normalized spacial score (nSPS) is 18.3. The van der Waals surface area contributed by atoms with Gasteiger partial charge in [0.1, 0.15) is 6.17 Å². The van der Waals surface area contributed by atoms with Crippen LogP contribution in [0.2, 0.25) is 0 Å². The van der Waals surface area contributed by atoms with E-state index in [2.05, 4.69) is 63.5 Å². The molecule has 0 atom stereocenters. The van der Waals surface area contributed by atoms with Gasteiger partial charge < -0.3 is 9.88 Å². The van der Waals surface area contributed by atoms with Crippen LogP contribution in [-0.4, -0.2) is 79.6 Å². The number of aromatic nitrogens is 5. The molecule has 0 spiro atoms. The van der Waals surface area contributed by atoms with Crippen molar-refractivity contribution in [3.63, 3.8) is 0 Å². The molecule has 0 saturated carbocycles. The number of benzene rings is 1. The first-order valence-electron chi connectivity index (χ1n) is 13.9. The van der Waals surface area contributed by atoms with Crippen LogP contribution in [0.25, 0.3) is 27.8 Å². The molecule has 4 aromatic rings. The van der Waals surface area contributed by atoms with Crippen molar-refractivity contribution in [2.75, 3.05) is 32.7 Å². The third kappa shape index (κ3) is 4.68. The van der Waals surface area contributed by atoms with Gasteiger partial charge in [-0.1, -0.05) is 19.9 Å². The molecule has 1 amide bonds. The number of halogens is 1. The summed E-state index contributed by atoms with van der Waals surface area (Å²) in [5, 5.41) is 13.3. The van der Waals surface area contributed by atoms with Gasteiger partial charge in [0, 0.05) is 48.8 Å². The summed E-state index contributed by atoms with van der Waals surface area (Å²) in [5.74, 6) is 0.952. The molecule has 8 nitrogen and oxygen atoms in total. The molecule has 3 aromatic heterocycles. The van der Waals surface area contributed by atoms with Crippen LogP contribution in [0.5, 0.6) is 0 Å². The van der Waals surface area contributed by atoms with Crippen molar-refractivity contribution in [3.8, 4) is 11.3 Å². The van der Waals surface area contributed by atoms with Crippen molar-refractivity contribution in [1.82, 2.24) is 34.8 Å². The highest BCUT2D eigenvalue weighted by Crippen LogP contribution is 2.38. The zero-order valence-corrected chi connectivity index (χ0v) is 22.5. The highest BCUT2D eigenvalue weighted by atomic mass is 19.1. The number of hydrogen-bond donors (Lipinski definition) is 1. The van der Waals surface area contributed by atoms with E-state index in [0.29, 0.717) is 44.3 Å². The number of pyridine rings is 1. The molecule has 2 aliphatic rings. The van der Waals surface area contributed by atoms with Crippen molar-refractivity contribution < 1.29 is 9.18 Å². The Hall–Kier alpha value is -3.33. The number of carbonyl (C=O) groups is 1. The largest absolute Gasteiger partial charge is 0.354 e. The van der Waals surface area contributed by atoms with E-state index in [1.165, 1.54) is 16.5 Å². The van der Waals surface area contributed by atoms with E-state index in [9.17, 15) is 9.18 Å². The van der Waals surface area contributed by atoms with Crippen LogP contribution in [0.3, 0.4) is 0 Å². The minimum atomic E-state index is -0.708. The van der Waals surface area contributed by atoms with Crippen molar-refractivity contribution in [2.24, 2.45) is 0 Å². The Balaban J connectivity index is 1.21. The van der Waals surface area contributed by atoms with E-state index < -0.39 is 6.17 Å². The average Bonchev–Trinajstić information content (AvgIpc) is 3.55. The highest BCUT2D eigenvalue weighted by molar-refractivity contribution is 5.92. The molecule has 1 N–H and O–H groups in total. The quantitative estimate of drug-likeness (QED) is 0.410. The zero-order valence-electron chi connectivity index (χ0n) is 22.5. The summed E-state index contributed by atoms with van der Waals surface area (Å²) in [5.41, 5.74) is 7.78. The molecule has 0 aliphatic carbocycles. The van der Waals surface area contributed by atoms with E-state index in [0.717, 1.165) is 53.9 Å². The third-order valence-electron chi connectivity index (χ3n) is 8.40. The van der Waals surface area contributed by atoms with Crippen LogP contribution in [0.15, 0.2) is 30.5 Å². The highest BCUT2D eigenvalue weighted by Gasteiger charge is 2.27. The molecule has 0 unspecified atom stereocenters. The number of rotatable bonds is 5. The van der Waals surface area contributed by atoms with E-state index in [-0.39, 0.29) is 5.91 Å². The second-order valence-corrected chi connectivity index (χ2v) is 11.3. The monoisotopic (exact) mass is 517 g/mol. The van der Waals surface area contributed by atoms with Crippen LogP contribution < -0.4 is 0 Å². The van der Waals surface area contributed by atoms with Gasteiger partial charge in [0.2, 0.25) is 5.91 Å². The second kappa shape index (κ2) is 10.1. The molecule has 0 bridgehead atoms. The number of alkyl halides is 1. The van der Waals surface area contributed by atoms with E-state index in [4.69, 9.17) is 0 Å². The fourth-order valence-corrected chi connectivity index (χ4v) is 6.27. The summed E-state index contributed by atoms with van der Waals surface area (Å²) in [4.78, 5) is 20.7. The number of fused-ring (bicyclic) bond motifs is 2. The van der Waals surface area contributed by atoms with Crippen molar-refractivity contribution >= 4 is 22.5 Å². The first-order valence-corrected chi connectivity index (χ1v) is 13.9. The molecule has 6 rings (SSSR count). The van der Waals surface area contributed by atoms with Crippen molar-refractivity contribution in [2.45, 2.75) is 64.5 Å².